The van der Waals surface area contributed by atoms with Crippen LogP contribution in [0.3, 0.4) is 0 Å². The monoisotopic (exact) mass is 413 g/mol. The van der Waals surface area contributed by atoms with E-state index in [0.717, 1.165) is 25.7 Å². The number of ether oxygens (including phenoxy) is 1. The van der Waals surface area contributed by atoms with E-state index in [4.69, 9.17) is 16.3 Å². The molecule has 5 nitrogen and oxygen atoms in total. The Morgan fingerprint density at radius 1 is 0.966 bits per heavy atom. The number of hydrogen-bond donors (Lipinski definition) is 1. The number of esters is 1. The highest BCUT2D eigenvalue weighted by molar-refractivity contribution is 6.30. The second-order valence-electron chi connectivity index (χ2n) is 7.48. The summed E-state index contributed by atoms with van der Waals surface area (Å²) in [6.07, 6.45) is 4.06. The molecule has 0 unspecified atom stereocenters. The summed E-state index contributed by atoms with van der Waals surface area (Å²) in [6.45, 7) is 1.84. The van der Waals surface area contributed by atoms with E-state index in [2.05, 4.69) is 12.2 Å². The van der Waals surface area contributed by atoms with E-state index >= 15 is 0 Å². The summed E-state index contributed by atoms with van der Waals surface area (Å²) >= 11 is 5.87. The highest BCUT2D eigenvalue weighted by atomic mass is 35.5. The number of carbonyl (C=O) groups is 3. The van der Waals surface area contributed by atoms with Gasteiger partial charge in [-0.1, -0.05) is 36.7 Å². The zero-order chi connectivity index (χ0) is 20.8. The van der Waals surface area contributed by atoms with E-state index in [1.54, 1.807) is 42.5 Å². The number of carbonyl (C=O) groups excluding carboxylic acids is 3. The van der Waals surface area contributed by atoms with Gasteiger partial charge >= 0.3 is 5.97 Å². The highest BCUT2D eigenvalue weighted by Gasteiger charge is 2.22. The molecule has 1 amide bonds. The van der Waals surface area contributed by atoms with E-state index in [9.17, 15) is 14.4 Å². The fourth-order valence-corrected chi connectivity index (χ4v) is 3.62. The van der Waals surface area contributed by atoms with Gasteiger partial charge in [0.05, 0.1) is 5.56 Å². The SMILES string of the molecule is CC1CCC(NC(=O)COC(=O)c2ccccc2C(=O)c2ccc(Cl)cc2)CC1. The molecule has 29 heavy (non-hydrogen) atoms. The molecule has 0 radical (unpaired) electrons. The number of nitrogens with one attached hydrogen (secondary N) is 1. The molecule has 0 saturated heterocycles. The molecule has 1 N–H and O–H groups in total. The first kappa shape index (κ1) is 21.1. The van der Waals surface area contributed by atoms with Crippen molar-refractivity contribution in [3.05, 3.63) is 70.2 Å². The number of rotatable bonds is 6. The molecule has 1 aliphatic rings. The molecule has 3 rings (SSSR count). The van der Waals surface area contributed by atoms with Gasteiger partial charge in [-0.3, -0.25) is 9.59 Å². The summed E-state index contributed by atoms with van der Waals surface area (Å²) < 4.78 is 5.17. The lowest BCUT2D eigenvalue weighted by Gasteiger charge is -2.26. The molecule has 1 saturated carbocycles. The van der Waals surface area contributed by atoms with E-state index < -0.39 is 5.97 Å². The van der Waals surface area contributed by atoms with Gasteiger partial charge in [0, 0.05) is 22.2 Å². The molecule has 2 aromatic carbocycles. The van der Waals surface area contributed by atoms with Crippen molar-refractivity contribution in [1.29, 1.82) is 0 Å². The van der Waals surface area contributed by atoms with E-state index in [1.165, 1.54) is 6.07 Å². The predicted molar refractivity (Wildman–Crippen MR) is 111 cm³/mol. The lowest BCUT2D eigenvalue weighted by molar-refractivity contribution is -0.125. The van der Waals surface area contributed by atoms with Crippen LogP contribution in [0.5, 0.6) is 0 Å². The normalized spacial score (nSPS) is 18.7. The number of hydrogen-bond acceptors (Lipinski definition) is 4. The average Bonchev–Trinajstić information content (AvgIpc) is 2.74. The van der Waals surface area contributed by atoms with Crippen molar-refractivity contribution in [2.75, 3.05) is 6.61 Å². The Bertz CT molecular complexity index is 886. The van der Waals surface area contributed by atoms with Crippen LogP contribution in [0.25, 0.3) is 0 Å². The first-order valence-corrected chi connectivity index (χ1v) is 10.2. The Kier molecular flexibility index (Phi) is 7.04. The Hall–Kier alpha value is -2.66. The van der Waals surface area contributed by atoms with Gasteiger partial charge in [0.15, 0.2) is 12.4 Å². The zero-order valence-corrected chi connectivity index (χ0v) is 17.1. The minimum absolute atomic E-state index is 0.131. The summed E-state index contributed by atoms with van der Waals surface area (Å²) in [5, 5.41) is 3.44. The quantitative estimate of drug-likeness (QED) is 0.562. The summed E-state index contributed by atoms with van der Waals surface area (Å²) in [5.74, 6) is -0.639. The third-order valence-electron chi connectivity index (χ3n) is 5.21. The van der Waals surface area contributed by atoms with Gasteiger partial charge in [-0.25, -0.2) is 4.79 Å². The molecule has 1 aliphatic carbocycles. The van der Waals surface area contributed by atoms with Crippen LogP contribution in [0, 0.1) is 5.92 Å². The summed E-state index contributed by atoms with van der Waals surface area (Å²) in [5.41, 5.74) is 0.771. The Balaban J connectivity index is 1.61. The molecule has 0 spiro atoms. The van der Waals surface area contributed by atoms with Crippen molar-refractivity contribution < 1.29 is 19.1 Å². The lowest BCUT2D eigenvalue weighted by atomic mass is 9.87. The van der Waals surface area contributed by atoms with Crippen molar-refractivity contribution >= 4 is 29.3 Å². The Morgan fingerprint density at radius 3 is 2.24 bits per heavy atom. The summed E-state index contributed by atoms with van der Waals surface area (Å²) in [6, 6.07) is 13.0. The molecule has 0 atom stereocenters. The van der Waals surface area contributed by atoms with Crippen LogP contribution in [-0.2, 0) is 9.53 Å². The highest BCUT2D eigenvalue weighted by Crippen LogP contribution is 2.23. The van der Waals surface area contributed by atoms with Gasteiger partial charge in [0.2, 0.25) is 0 Å². The molecule has 2 aromatic rings. The minimum atomic E-state index is -0.699. The third-order valence-corrected chi connectivity index (χ3v) is 5.47. The van der Waals surface area contributed by atoms with Gasteiger partial charge in [-0.2, -0.15) is 0 Å². The smallest absolute Gasteiger partial charge is 0.339 e. The topological polar surface area (TPSA) is 72.5 Å². The third kappa shape index (κ3) is 5.67. The van der Waals surface area contributed by atoms with E-state index in [-0.39, 0.29) is 35.5 Å². The number of halogens is 1. The standard InChI is InChI=1S/C23H24ClNO4/c1-15-6-12-18(13-7-15)25-21(26)14-29-23(28)20-5-3-2-4-19(20)22(27)16-8-10-17(24)11-9-16/h2-5,8-11,15,18H,6-7,12-14H2,1H3,(H,25,26). The second kappa shape index (κ2) is 9.70. The van der Waals surface area contributed by atoms with Gasteiger partial charge < -0.3 is 10.1 Å². The fraction of sp³-hybridized carbons (Fsp3) is 0.348. The number of amides is 1. The van der Waals surface area contributed by atoms with Crippen molar-refractivity contribution in [2.24, 2.45) is 5.92 Å². The fourth-order valence-electron chi connectivity index (χ4n) is 3.50. The maximum absolute atomic E-state index is 12.8. The number of benzene rings is 2. The largest absolute Gasteiger partial charge is 0.452 e. The van der Waals surface area contributed by atoms with Crippen molar-refractivity contribution in [3.8, 4) is 0 Å². The van der Waals surface area contributed by atoms with Crippen molar-refractivity contribution in [2.45, 2.75) is 38.6 Å². The predicted octanol–water partition coefficient (Wildman–Crippen LogP) is 4.42. The van der Waals surface area contributed by atoms with Gasteiger partial charge in [-0.05, 0) is 61.9 Å². The van der Waals surface area contributed by atoms with Crippen LogP contribution >= 0.6 is 11.6 Å². The van der Waals surface area contributed by atoms with Crippen molar-refractivity contribution in [1.82, 2.24) is 5.32 Å². The number of ketones is 1. The molecular formula is C23H24ClNO4. The molecule has 152 valence electrons. The van der Waals surface area contributed by atoms with Crippen LogP contribution in [0.15, 0.2) is 48.5 Å². The summed E-state index contributed by atoms with van der Waals surface area (Å²) in [7, 11) is 0. The molecule has 0 aliphatic heterocycles. The van der Waals surface area contributed by atoms with Crippen LogP contribution in [-0.4, -0.2) is 30.3 Å². The van der Waals surface area contributed by atoms with Crippen LogP contribution < -0.4 is 5.32 Å². The second-order valence-corrected chi connectivity index (χ2v) is 7.92. The molecule has 0 bridgehead atoms. The lowest BCUT2D eigenvalue weighted by Crippen LogP contribution is -2.39. The zero-order valence-electron chi connectivity index (χ0n) is 16.3. The maximum Gasteiger partial charge on any atom is 0.339 e. The van der Waals surface area contributed by atoms with Crippen molar-refractivity contribution in [3.63, 3.8) is 0 Å². The molecular weight excluding hydrogens is 390 g/mol. The van der Waals surface area contributed by atoms with Gasteiger partial charge in [0.25, 0.3) is 5.91 Å². The van der Waals surface area contributed by atoms with Gasteiger partial charge in [0.1, 0.15) is 0 Å². The maximum atomic E-state index is 12.8. The van der Waals surface area contributed by atoms with Gasteiger partial charge in [-0.15, -0.1) is 0 Å². The molecule has 1 fully saturated rings. The first-order valence-electron chi connectivity index (χ1n) is 9.80. The molecule has 6 heteroatoms. The van der Waals surface area contributed by atoms with E-state index in [1.807, 2.05) is 0 Å². The van der Waals surface area contributed by atoms with Crippen LogP contribution in [0.4, 0.5) is 0 Å². The Morgan fingerprint density at radius 2 is 1.59 bits per heavy atom. The molecule has 0 aromatic heterocycles. The minimum Gasteiger partial charge on any atom is -0.452 e. The first-order chi connectivity index (χ1) is 13.9. The van der Waals surface area contributed by atoms with E-state index in [0.29, 0.717) is 16.5 Å². The van der Waals surface area contributed by atoms with Crippen LogP contribution in [0.2, 0.25) is 5.02 Å². The Labute approximate surface area is 175 Å². The molecule has 0 heterocycles. The van der Waals surface area contributed by atoms with Crippen LogP contribution in [0.1, 0.15) is 58.9 Å². The average molecular weight is 414 g/mol. The summed E-state index contributed by atoms with van der Waals surface area (Å²) in [4.78, 5) is 37.4.